The van der Waals surface area contributed by atoms with Gasteiger partial charge in [-0.2, -0.15) is 0 Å². The second-order valence-electron chi connectivity index (χ2n) is 5.25. The molecule has 0 aliphatic heterocycles. The van der Waals surface area contributed by atoms with Crippen LogP contribution in [-0.4, -0.2) is 21.7 Å². The first-order valence-corrected chi connectivity index (χ1v) is 6.45. The van der Waals surface area contributed by atoms with Gasteiger partial charge in [0.25, 0.3) is 0 Å². The topological polar surface area (TPSA) is 62.5 Å². The van der Waals surface area contributed by atoms with E-state index >= 15 is 0 Å². The SMILES string of the molecule is O=C1C(=NO)C2CCC(C2)C1Cc1ccccn1. The van der Waals surface area contributed by atoms with Crippen LogP contribution in [0.15, 0.2) is 29.6 Å². The zero-order valence-electron chi connectivity index (χ0n) is 10.1. The number of hydrogen-bond acceptors (Lipinski definition) is 4. The number of carbonyl (C=O) groups is 1. The maximum absolute atomic E-state index is 12.3. The molecule has 4 heteroatoms. The second-order valence-corrected chi connectivity index (χ2v) is 5.25. The molecule has 0 saturated heterocycles. The molecule has 0 spiro atoms. The molecule has 0 aromatic carbocycles. The van der Waals surface area contributed by atoms with Crippen molar-refractivity contribution in [3.05, 3.63) is 30.1 Å². The fraction of sp³-hybridized carbons (Fsp3) is 0.500. The van der Waals surface area contributed by atoms with E-state index in [-0.39, 0.29) is 17.6 Å². The minimum absolute atomic E-state index is 0.0295. The normalized spacial score (nSPS) is 33.0. The van der Waals surface area contributed by atoms with E-state index in [0.29, 0.717) is 18.1 Å². The molecule has 2 aliphatic carbocycles. The number of Topliss-reactive ketones (excluding diaryl/α,β-unsaturated/α-hetero) is 1. The average molecular weight is 244 g/mol. The van der Waals surface area contributed by atoms with Gasteiger partial charge in [-0.3, -0.25) is 9.78 Å². The molecule has 2 fully saturated rings. The number of hydrogen-bond donors (Lipinski definition) is 1. The Bertz CT molecular complexity index is 484. The number of pyridine rings is 1. The first-order chi connectivity index (χ1) is 8.79. The number of ketones is 1. The van der Waals surface area contributed by atoms with Gasteiger partial charge in [0.15, 0.2) is 5.78 Å². The summed E-state index contributed by atoms with van der Waals surface area (Å²) in [4.78, 5) is 16.6. The summed E-state index contributed by atoms with van der Waals surface area (Å²) in [6.45, 7) is 0. The fourth-order valence-electron chi connectivity index (χ4n) is 3.37. The lowest BCUT2D eigenvalue weighted by atomic mass is 9.75. The largest absolute Gasteiger partial charge is 0.411 e. The van der Waals surface area contributed by atoms with E-state index in [1.807, 2.05) is 18.2 Å². The van der Waals surface area contributed by atoms with Crippen LogP contribution in [0.1, 0.15) is 25.0 Å². The first kappa shape index (κ1) is 11.4. The van der Waals surface area contributed by atoms with Gasteiger partial charge in [0.2, 0.25) is 0 Å². The monoisotopic (exact) mass is 244 g/mol. The summed E-state index contributed by atoms with van der Waals surface area (Å²) in [5, 5.41) is 12.3. The van der Waals surface area contributed by atoms with E-state index in [9.17, 15) is 4.79 Å². The molecule has 0 amide bonds. The minimum Gasteiger partial charge on any atom is -0.411 e. The van der Waals surface area contributed by atoms with Crippen LogP contribution in [0, 0.1) is 17.8 Å². The van der Waals surface area contributed by atoms with Gasteiger partial charge >= 0.3 is 0 Å². The highest BCUT2D eigenvalue weighted by Crippen LogP contribution is 2.43. The molecular weight excluding hydrogens is 228 g/mol. The predicted molar refractivity (Wildman–Crippen MR) is 66.5 cm³/mol. The van der Waals surface area contributed by atoms with E-state index < -0.39 is 0 Å². The summed E-state index contributed by atoms with van der Waals surface area (Å²) in [7, 11) is 0. The number of aromatic nitrogens is 1. The van der Waals surface area contributed by atoms with Gasteiger partial charge < -0.3 is 5.21 Å². The molecule has 1 N–H and O–H groups in total. The Hall–Kier alpha value is -1.71. The zero-order chi connectivity index (χ0) is 12.5. The van der Waals surface area contributed by atoms with Crippen molar-refractivity contribution in [2.24, 2.45) is 22.9 Å². The van der Waals surface area contributed by atoms with Gasteiger partial charge in [-0.05, 0) is 37.3 Å². The fourth-order valence-corrected chi connectivity index (χ4v) is 3.37. The van der Waals surface area contributed by atoms with Crippen LogP contribution in [0.3, 0.4) is 0 Å². The second kappa shape index (κ2) is 4.52. The molecule has 1 aromatic rings. The third-order valence-electron chi connectivity index (χ3n) is 4.28. The lowest BCUT2D eigenvalue weighted by Gasteiger charge is -2.27. The van der Waals surface area contributed by atoms with E-state index in [2.05, 4.69) is 10.1 Å². The maximum atomic E-state index is 12.3. The molecule has 4 nitrogen and oxygen atoms in total. The summed E-state index contributed by atoms with van der Waals surface area (Å²) < 4.78 is 0. The third kappa shape index (κ3) is 1.82. The Kier molecular flexibility index (Phi) is 2.86. The zero-order valence-corrected chi connectivity index (χ0v) is 10.1. The van der Waals surface area contributed by atoms with Crippen molar-refractivity contribution in [1.29, 1.82) is 0 Å². The van der Waals surface area contributed by atoms with Crippen LogP contribution >= 0.6 is 0 Å². The highest BCUT2D eigenvalue weighted by Gasteiger charge is 2.45. The minimum atomic E-state index is -0.0513. The highest BCUT2D eigenvalue weighted by atomic mass is 16.4. The predicted octanol–water partition coefficient (Wildman–Crippen LogP) is 2.07. The molecule has 1 heterocycles. The van der Waals surface area contributed by atoms with Crippen molar-refractivity contribution in [3.63, 3.8) is 0 Å². The highest BCUT2D eigenvalue weighted by molar-refractivity contribution is 6.42. The smallest absolute Gasteiger partial charge is 0.184 e. The molecule has 3 unspecified atom stereocenters. The van der Waals surface area contributed by atoms with E-state index in [0.717, 1.165) is 25.0 Å². The molecule has 1 aromatic heterocycles. The molecule has 3 atom stereocenters. The Morgan fingerprint density at radius 2 is 2.28 bits per heavy atom. The van der Waals surface area contributed by atoms with E-state index in [4.69, 9.17) is 5.21 Å². The lowest BCUT2D eigenvalue weighted by Crippen LogP contribution is -2.38. The van der Waals surface area contributed by atoms with Crippen molar-refractivity contribution < 1.29 is 10.0 Å². The number of rotatable bonds is 2. The molecule has 2 bridgehead atoms. The Morgan fingerprint density at radius 3 is 3.00 bits per heavy atom. The van der Waals surface area contributed by atoms with Crippen LogP contribution in [0.4, 0.5) is 0 Å². The first-order valence-electron chi connectivity index (χ1n) is 6.45. The van der Waals surface area contributed by atoms with Crippen LogP contribution in [0.5, 0.6) is 0 Å². The van der Waals surface area contributed by atoms with E-state index in [1.54, 1.807) is 6.20 Å². The van der Waals surface area contributed by atoms with E-state index in [1.165, 1.54) is 0 Å². The molecule has 18 heavy (non-hydrogen) atoms. The Labute approximate surface area is 106 Å². The van der Waals surface area contributed by atoms with Crippen molar-refractivity contribution in [3.8, 4) is 0 Å². The van der Waals surface area contributed by atoms with Crippen LogP contribution < -0.4 is 0 Å². The summed E-state index contributed by atoms with van der Waals surface area (Å²) in [5.41, 5.74) is 1.34. The number of carbonyl (C=O) groups excluding carboxylic acids is 1. The van der Waals surface area contributed by atoms with Gasteiger partial charge in [-0.15, -0.1) is 0 Å². The van der Waals surface area contributed by atoms with Gasteiger partial charge in [0.05, 0.1) is 0 Å². The van der Waals surface area contributed by atoms with Gasteiger partial charge in [0, 0.05) is 30.1 Å². The number of oxime groups is 1. The maximum Gasteiger partial charge on any atom is 0.184 e. The van der Waals surface area contributed by atoms with Crippen LogP contribution in [-0.2, 0) is 11.2 Å². The summed E-state index contributed by atoms with van der Waals surface area (Å²) in [6, 6.07) is 5.76. The number of fused-ring (bicyclic) bond motifs is 2. The molecule has 0 radical (unpaired) electrons. The molecule has 94 valence electrons. The van der Waals surface area contributed by atoms with Gasteiger partial charge in [-0.1, -0.05) is 11.2 Å². The molecular formula is C14H16N2O2. The molecule has 2 aliphatic rings. The van der Waals surface area contributed by atoms with Crippen LogP contribution in [0.25, 0.3) is 0 Å². The number of nitrogens with zero attached hydrogens (tertiary/aromatic N) is 2. The van der Waals surface area contributed by atoms with Crippen LogP contribution in [0.2, 0.25) is 0 Å². The summed E-state index contributed by atoms with van der Waals surface area (Å²) in [6.07, 6.45) is 5.45. The summed E-state index contributed by atoms with van der Waals surface area (Å²) in [5.74, 6) is 0.606. The molecule has 3 rings (SSSR count). The van der Waals surface area contributed by atoms with Gasteiger partial charge in [-0.25, -0.2) is 0 Å². The quantitative estimate of drug-likeness (QED) is 0.640. The van der Waals surface area contributed by atoms with Crippen molar-refractivity contribution in [1.82, 2.24) is 4.98 Å². The lowest BCUT2D eigenvalue weighted by molar-refractivity contribution is -0.119. The standard InChI is InChI=1S/C14H16N2O2/c17-14-12(8-11-3-1-2-6-15-11)9-4-5-10(7-9)13(14)16-18/h1-3,6,9-10,12,18H,4-5,7-8H2. The van der Waals surface area contributed by atoms with Crippen molar-refractivity contribution in [2.75, 3.05) is 0 Å². The van der Waals surface area contributed by atoms with Crippen molar-refractivity contribution in [2.45, 2.75) is 25.7 Å². The average Bonchev–Trinajstić information content (AvgIpc) is 2.82. The third-order valence-corrected chi connectivity index (χ3v) is 4.28. The summed E-state index contributed by atoms with van der Waals surface area (Å²) >= 11 is 0. The van der Waals surface area contributed by atoms with Crippen molar-refractivity contribution >= 4 is 11.5 Å². The van der Waals surface area contributed by atoms with Gasteiger partial charge in [0.1, 0.15) is 5.71 Å². The Morgan fingerprint density at radius 1 is 1.39 bits per heavy atom. The molecule has 2 saturated carbocycles. The Balaban J connectivity index is 1.85.